The maximum atomic E-state index is 10.6. The third-order valence-corrected chi connectivity index (χ3v) is 7.26. The van der Waals surface area contributed by atoms with Gasteiger partial charge in [0, 0.05) is 12.1 Å². The van der Waals surface area contributed by atoms with E-state index in [-0.39, 0.29) is 6.61 Å². The topological polar surface area (TPSA) is 64.4 Å². The van der Waals surface area contributed by atoms with Crippen molar-refractivity contribution in [1.29, 1.82) is 0 Å². The van der Waals surface area contributed by atoms with Crippen LogP contribution in [0.1, 0.15) is 25.7 Å². The fourth-order valence-corrected chi connectivity index (χ4v) is 5.62. The number of aliphatic carboxylic acids is 1. The Hall–Kier alpha value is -1.06. The molecule has 0 bridgehead atoms. The van der Waals surface area contributed by atoms with Gasteiger partial charge in [0.25, 0.3) is 0 Å². The number of halogens is 1. The van der Waals surface area contributed by atoms with Crippen molar-refractivity contribution in [3.05, 3.63) is 33.9 Å². The minimum Gasteiger partial charge on any atom is -0.480 e. The molecule has 1 aliphatic rings. The lowest BCUT2D eigenvalue weighted by atomic mass is 9.82. The van der Waals surface area contributed by atoms with Crippen LogP contribution in [0, 0.1) is 15.4 Å². The van der Waals surface area contributed by atoms with Crippen LogP contribution in [0.2, 0.25) is 0 Å². The molecule has 0 spiro atoms. The highest BCUT2D eigenvalue weighted by atomic mass is 127. The number of nitrogens with zero attached hydrogens (tertiary/aromatic N) is 2. The number of carbonyl (C=O) groups is 1. The van der Waals surface area contributed by atoms with Gasteiger partial charge in [-0.05, 0) is 66.4 Å². The minimum absolute atomic E-state index is 0.189. The van der Waals surface area contributed by atoms with Crippen LogP contribution >= 0.6 is 34.4 Å². The SMILES string of the molecule is CSc1c(I)c(-c2ccccc2)nn1CC1CCC(COCC(=O)O)CC1. The van der Waals surface area contributed by atoms with Crippen molar-refractivity contribution in [2.24, 2.45) is 11.8 Å². The summed E-state index contributed by atoms with van der Waals surface area (Å²) < 4.78 is 8.68. The zero-order valence-electron chi connectivity index (χ0n) is 15.4. The van der Waals surface area contributed by atoms with Gasteiger partial charge in [0.2, 0.25) is 0 Å². The van der Waals surface area contributed by atoms with Gasteiger partial charge in [-0.2, -0.15) is 5.10 Å². The molecule has 0 radical (unpaired) electrons. The lowest BCUT2D eigenvalue weighted by molar-refractivity contribution is -0.142. The molecular formula is C20H25IN2O3S. The van der Waals surface area contributed by atoms with Crippen molar-refractivity contribution in [3.63, 3.8) is 0 Å². The first-order valence-corrected chi connectivity index (χ1v) is 11.5. The number of thioether (sulfide) groups is 1. The molecule has 1 fully saturated rings. The Kier molecular flexibility index (Phi) is 7.60. The molecule has 1 heterocycles. The van der Waals surface area contributed by atoms with E-state index >= 15 is 0 Å². The Morgan fingerprint density at radius 1 is 1.26 bits per heavy atom. The van der Waals surface area contributed by atoms with Crippen LogP contribution in [0.4, 0.5) is 0 Å². The number of hydrogen-bond donors (Lipinski definition) is 1. The highest BCUT2D eigenvalue weighted by molar-refractivity contribution is 14.1. The van der Waals surface area contributed by atoms with E-state index in [2.05, 4.69) is 57.8 Å². The van der Waals surface area contributed by atoms with E-state index in [1.54, 1.807) is 11.8 Å². The van der Waals surface area contributed by atoms with E-state index in [0.717, 1.165) is 43.5 Å². The van der Waals surface area contributed by atoms with Gasteiger partial charge in [-0.15, -0.1) is 11.8 Å². The Labute approximate surface area is 178 Å². The molecule has 146 valence electrons. The summed E-state index contributed by atoms with van der Waals surface area (Å²) in [7, 11) is 0. The predicted octanol–water partition coefficient (Wildman–Crippen LogP) is 4.78. The normalized spacial score (nSPS) is 19.9. The number of benzene rings is 1. The predicted molar refractivity (Wildman–Crippen MR) is 116 cm³/mol. The molecule has 1 aliphatic carbocycles. The number of hydrogen-bond acceptors (Lipinski definition) is 4. The minimum atomic E-state index is -0.893. The molecule has 0 unspecified atom stereocenters. The second kappa shape index (κ2) is 9.93. The molecule has 1 saturated carbocycles. The number of carboxylic acids is 1. The van der Waals surface area contributed by atoms with E-state index in [1.165, 1.54) is 8.60 Å². The molecule has 27 heavy (non-hydrogen) atoms. The smallest absolute Gasteiger partial charge is 0.329 e. The molecule has 2 aromatic rings. The fraction of sp³-hybridized carbons (Fsp3) is 0.500. The Bertz CT molecular complexity index is 758. The molecule has 7 heteroatoms. The van der Waals surface area contributed by atoms with Crippen molar-refractivity contribution in [1.82, 2.24) is 9.78 Å². The van der Waals surface area contributed by atoms with Crippen molar-refractivity contribution >= 4 is 40.3 Å². The molecule has 1 aromatic carbocycles. The summed E-state index contributed by atoms with van der Waals surface area (Å²) in [5.74, 6) is 0.208. The van der Waals surface area contributed by atoms with Crippen molar-refractivity contribution < 1.29 is 14.6 Å². The van der Waals surface area contributed by atoms with E-state index in [1.807, 2.05) is 6.07 Å². The zero-order valence-corrected chi connectivity index (χ0v) is 18.4. The summed E-state index contributed by atoms with van der Waals surface area (Å²) in [5.41, 5.74) is 2.23. The third-order valence-electron chi connectivity index (χ3n) is 5.07. The van der Waals surface area contributed by atoms with Gasteiger partial charge in [-0.25, -0.2) is 4.79 Å². The van der Waals surface area contributed by atoms with Crippen LogP contribution in [0.15, 0.2) is 35.4 Å². The van der Waals surface area contributed by atoms with E-state index < -0.39 is 5.97 Å². The second-order valence-corrected chi connectivity index (χ2v) is 8.89. The van der Waals surface area contributed by atoms with E-state index in [0.29, 0.717) is 18.4 Å². The van der Waals surface area contributed by atoms with Crippen LogP contribution in [-0.2, 0) is 16.1 Å². The van der Waals surface area contributed by atoms with Crippen LogP contribution in [0.25, 0.3) is 11.3 Å². The average Bonchev–Trinajstić information content (AvgIpc) is 2.99. The average molecular weight is 500 g/mol. The molecule has 1 aromatic heterocycles. The monoisotopic (exact) mass is 500 g/mol. The Morgan fingerprint density at radius 2 is 1.93 bits per heavy atom. The Morgan fingerprint density at radius 3 is 2.56 bits per heavy atom. The maximum Gasteiger partial charge on any atom is 0.329 e. The van der Waals surface area contributed by atoms with Gasteiger partial charge in [0.15, 0.2) is 0 Å². The van der Waals surface area contributed by atoms with Crippen LogP contribution in [0.5, 0.6) is 0 Å². The summed E-state index contributed by atoms with van der Waals surface area (Å²) in [5, 5.41) is 14.8. The van der Waals surface area contributed by atoms with E-state index in [4.69, 9.17) is 14.9 Å². The number of rotatable bonds is 8. The van der Waals surface area contributed by atoms with Crippen LogP contribution in [-0.4, -0.2) is 40.3 Å². The Balaban J connectivity index is 1.61. The first-order chi connectivity index (χ1) is 13.1. The summed E-state index contributed by atoms with van der Waals surface area (Å²) in [6.45, 7) is 1.32. The molecule has 0 saturated heterocycles. The lowest BCUT2D eigenvalue weighted by Crippen LogP contribution is -2.23. The standard InChI is InChI=1S/C20H25IN2O3S/c1-27-20-18(21)19(16-5-3-2-4-6-16)22-23(20)11-14-7-9-15(10-8-14)12-26-13-17(24)25/h2-6,14-15H,7-13H2,1H3,(H,24,25). The van der Waals surface area contributed by atoms with Gasteiger partial charge in [0.1, 0.15) is 17.3 Å². The van der Waals surface area contributed by atoms with Gasteiger partial charge < -0.3 is 9.84 Å². The highest BCUT2D eigenvalue weighted by Crippen LogP contribution is 2.35. The summed E-state index contributed by atoms with van der Waals surface area (Å²) >= 11 is 4.17. The van der Waals surface area contributed by atoms with Crippen LogP contribution in [0.3, 0.4) is 0 Å². The summed E-state index contributed by atoms with van der Waals surface area (Å²) in [6.07, 6.45) is 6.60. The molecule has 0 atom stereocenters. The van der Waals surface area contributed by atoms with Crippen molar-refractivity contribution in [2.75, 3.05) is 19.5 Å². The second-order valence-electron chi connectivity index (χ2n) is 7.02. The quantitative estimate of drug-likeness (QED) is 0.418. The molecule has 0 amide bonds. The highest BCUT2D eigenvalue weighted by Gasteiger charge is 2.24. The maximum absolute atomic E-state index is 10.6. The number of carboxylic acid groups (broad SMARTS) is 1. The fourth-order valence-electron chi connectivity index (χ4n) is 3.66. The third kappa shape index (κ3) is 5.48. The van der Waals surface area contributed by atoms with E-state index in [9.17, 15) is 4.79 Å². The van der Waals surface area contributed by atoms with Crippen molar-refractivity contribution in [3.8, 4) is 11.3 Å². The number of ether oxygens (including phenoxy) is 1. The summed E-state index contributed by atoms with van der Waals surface area (Å²) in [4.78, 5) is 10.6. The van der Waals surface area contributed by atoms with Gasteiger partial charge >= 0.3 is 5.97 Å². The van der Waals surface area contributed by atoms with Gasteiger partial charge in [-0.3, -0.25) is 4.68 Å². The first-order valence-electron chi connectivity index (χ1n) is 9.23. The molecular weight excluding hydrogens is 475 g/mol. The molecule has 5 nitrogen and oxygen atoms in total. The van der Waals surface area contributed by atoms with Crippen LogP contribution < -0.4 is 0 Å². The lowest BCUT2D eigenvalue weighted by Gasteiger charge is -2.28. The van der Waals surface area contributed by atoms with Gasteiger partial charge in [0.05, 0.1) is 10.2 Å². The molecule has 3 rings (SSSR count). The largest absolute Gasteiger partial charge is 0.480 e. The number of aromatic nitrogens is 2. The molecule has 1 N–H and O–H groups in total. The van der Waals surface area contributed by atoms with Gasteiger partial charge in [-0.1, -0.05) is 30.3 Å². The van der Waals surface area contributed by atoms with Crippen molar-refractivity contribution in [2.45, 2.75) is 37.3 Å². The summed E-state index contributed by atoms with van der Waals surface area (Å²) in [6, 6.07) is 10.4. The molecule has 0 aliphatic heterocycles. The zero-order chi connectivity index (χ0) is 19.2. The first kappa shape index (κ1) is 20.7.